The van der Waals surface area contributed by atoms with E-state index in [2.05, 4.69) is 10.6 Å². The Kier molecular flexibility index (Phi) is 3.56. The highest BCUT2D eigenvalue weighted by molar-refractivity contribution is 5.95. The lowest BCUT2D eigenvalue weighted by atomic mass is 10.1. The summed E-state index contributed by atoms with van der Waals surface area (Å²) in [4.78, 5) is 22.8. The highest BCUT2D eigenvalue weighted by Gasteiger charge is 2.34. The Morgan fingerprint density at radius 3 is 2.65 bits per heavy atom. The van der Waals surface area contributed by atoms with E-state index in [-0.39, 0.29) is 24.4 Å². The molecule has 2 amide bonds. The van der Waals surface area contributed by atoms with Crippen LogP contribution in [0, 0.1) is 0 Å². The van der Waals surface area contributed by atoms with Crippen molar-refractivity contribution in [2.24, 2.45) is 0 Å². The van der Waals surface area contributed by atoms with Crippen LogP contribution in [0.15, 0.2) is 18.2 Å². The zero-order valence-corrected chi connectivity index (χ0v) is 10.3. The maximum atomic E-state index is 12.7. The molecule has 20 heavy (non-hydrogen) atoms. The molecule has 0 spiro atoms. The van der Waals surface area contributed by atoms with Crippen molar-refractivity contribution in [2.45, 2.75) is 18.6 Å². The molecule has 0 saturated carbocycles. The second kappa shape index (κ2) is 5.03. The normalized spacial score (nSPS) is 18.8. The molecule has 1 fully saturated rings. The summed E-state index contributed by atoms with van der Waals surface area (Å²) in [6.45, 7) is 0.270. The van der Waals surface area contributed by atoms with Crippen molar-refractivity contribution in [2.75, 3.05) is 12.3 Å². The van der Waals surface area contributed by atoms with Crippen LogP contribution in [0.5, 0.6) is 0 Å². The molecule has 2 rings (SSSR count). The number of anilines is 1. The van der Waals surface area contributed by atoms with Gasteiger partial charge in [-0.3, -0.25) is 9.59 Å². The van der Waals surface area contributed by atoms with E-state index in [9.17, 15) is 22.8 Å². The molecule has 1 aliphatic heterocycles. The van der Waals surface area contributed by atoms with Crippen LogP contribution in [0.2, 0.25) is 0 Å². The topological polar surface area (TPSA) is 84.2 Å². The molecule has 1 aliphatic rings. The summed E-state index contributed by atoms with van der Waals surface area (Å²) < 4.78 is 38.0. The monoisotopic (exact) mass is 287 g/mol. The van der Waals surface area contributed by atoms with Gasteiger partial charge >= 0.3 is 6.18 Å². The van der Waals surface area contributed by atoms with E-state index in [0.29, 0.717) is 6.07 Å². The maximum Gasteiger partial charge on any atom is 0.418 e. The standard InChI is InChI=1S/C12H12F3N3O2/c13-12(14,15)8-3-6(1-2-9(8)16)11(20)18-7-4-10(19)17-5-7/h1-3,7H,4-5,16H2,(H,17,19)(H,18,20). The van der Waals surface area contributed by atoms with Crippen LogP contribution in [0.3, 0.4) is 0 Å². The van der Waals surface area contributed by atoms with E-state index < -0.39 is 29.4 Å². The van der Waals surface area contributed by atoms with E-state index in [1.165, 1.54) is 6.07 Å². The molecule has 0 aromatic heterocycles. The summed E-state index contributed by atoms with van der Waals surface area (Å²) in [5, 5.41) is 5.01. The van der Waals surface area contributed by atoms with Crippen molar-refractivity contribution < 1.29 is 22.8 Å². The van der Waals surface area contributed by atoms with Crippen LogP contribution in [0.25, 0.3) is 0 Å². The molecule has 8 heteroatoms. The second-order valence-corrected chi connectivity index (χ2v) is 4.48. The van der Waals surface area contributed by atoms with Crippen molar-refractivity contribution in [1.29, 1.82) is 0 Å². The smallest absolute Gasteiger partial charge is 0.398 e. The molecule has 5 nitrogen and oxygen atoms in total. The Morgan fingerprint density at radius 2 is 2.10 bits per heavy atom. The van der Waals surface area contributed by atoms with Crippen LogP contribution in [0.4, 0.5) is 18.9 Å². The van der Waals surface area contributed by atoms with E-state index in [1.807, 2.05) is 0 Å². The van der Waals surface area contributed by atoms with Crippen LogP contribution in [-0.4, -0.2) is 24.4 Å². The van der Waals surface area contributed by atoms with E-state index in [4.69, 9.17) is 5.73 Å². The summed E-state index contributed by atoms with van der Waals surface area (Å²) in [7, 11) is 0. The molecule has 1 heterocycles. The fraction of sp³-hybridized carbons (Fsp3) is 0.333. The van der Waals surface area contributed by atoms with Crippen molar-refractivity contribution in [3.63, 3.8) is 0 Å². The van der Waals surface area contributed by atoms with Crippen molar-refractivity contribution >= 4 is 17.5 Å². The first-order valence-corrected chi connectivity index (χ1v) is 5.81. The predicted octanol–water partition coefficient (Wildman–Crippen LogP) is 0.906. The van der Waals surface area contributed by atoms with E-state index in [1.54, 1.807) is 0 Å². The molecular weight excluding hydrogens is 275 g/mol. The van der Waals surface area contributed by atoms with Crippen LogP contribution in [-0.2, 0) is 11.0 Å². The number of halogens is 3. The van der Waals surface area contributed by atoms with E-state index in [0.717, 1.165) is 6.07 Å². The number of hydrogen-bond acceptors (Lipinski definition) is 3. The molecule has 1 aromatic rings. The summed E-state index contributed by atoms with van der Waals surface area (Å²) in [5.74, 6) is -0.874. The number of nitrogens with one attached hydrogen (secondary N) is 2. The summed E-state index contributed by atoms with van der Waals surface area (Å²) >= 11 is 0. The minimum absolute atomic E-state index is 0.118. The third-order valence-corrected chi connectivity index (χ3v) is 2.93. The van der Waals surface area contributed by atoms with Gasteiger partial charge in [-0.2, -0.15) is 13.2 Å². The number of nitrogens with two attached hydrogens (primary N) is 1. The molecular formula is C12H12F3N3O2. The molecule has 1 unspecified atom stereocenters. The molecule has 1 saturated heterocycles. The Bertz CT molecular complexity index is 557. The number of carbonyl (C=O) groups excluding carboxylic acids is 2. The van der Waals surface area contributed by atoms with Crippen molar-refractivity contribution in [3.8, 4) is 0 Å². The minimum Gasteiger partial charge on any atom is -0.398 e. The van der Waals surface area contributed by atoms with Crippen LogP contribution < -0.4 is 16.4 Å². The lowest BCUT2D eigenvalue weighted by molar-refractivity contribution is -0.136. The largest absolute Gasteiger partial charge is 0.418 e. The number of alkyl halides is 3. The number of hydrogen-bond donors (Lipinski definition) is 3. The molecule has 0 aliphatic carbocycles. The number of rotatable bonds is 2. The van der Waals surface area contributed by atoms with Gasteiger partial charge in [-0.05, 0) is 18.2 Å². The Hall–Kier alpha value is -2.25. The number of nitrogen functional groups attached to an aromatic ring is 1. The molecule has 0 radical (unpaired) electrons. The van der Waals surface area contributed by atoms with Gasteiger partial charge in [-0.1, -0.05) is 0 Å². The molecule has 1 atom stereocenters. The summed E-state index contributed by atoms with van der Waals surface area (Å²) in [6, 6.07) is 2.54. The van der Waals surface area contributed by atoms with Gasteiger partial charge in [0, 0.05) is 24.2 Å². The lowest BCUT2D eigenvalue weighted by Gasteiger charge is -2.13. The van der Waals surface area contributed by atoms with Gasteiger partial charge in [0.1, 0.15) is 0 Å². The number of benzene rings is 1. The highest BCUT2D eigenvalue weighted by Crippen LogP contribution is 2.34. The first kappa shape index (κ1) is 14.2. The third kappa shape index (κ3) is 3.01. The predicted molar refractivity (Wildman–Crippen MR) is 64.7 cm³/mol. The summed E-state index contributed by atoms with van der Waals surface area (Å²) in [5.41, 5.74) is 3.62. The Labute approximate surface area is 112 Å². The zero-order valence-electron chi connectivity index (χ0n) is 10.3. The quantitative estimate of drug-likeness (QED) is 0.707. The van der Waals surface area contributed by atoms with Gasteiger partial charge in [0.05, 0.1) is 11.6 Å². The molecule has 0 bridgehead atoms. The Morgan fingerprint density at radius 1 is 1.40 bits per heavy atom. The first-order valence-electron chi connectivity index (χ1n) is 5.81. The molecule has 108 valence electrons. The van der Waals surface area contributed by atoms with Gasteiger partial charge in [-0.25, -0.2) is 0 Å². The highest BCUT2D eigenvalue weighted by atomic mass is 19.4. The number of amides is 2. The van der Waals surface area contributed by atoms with Crippen molar-refractivity contribution in [3.05, 3.63) is 29.3 Å². The lowest BCUT2D eigenvalue weighted by Crippen LogP contribution is -2.36. The number of carbonyl (C=O) groups is 2. The maximum absolute atomic E-state index is 12.7. The average Bonchev–Trinajstić information content (AvgIpc) is 2.73. The summed E-state index contributed by atoms with van der Waals surface area (Å²) in [6.07, 6.45) is -4.50. The zero-order chi connectivity index (χ0) is 14.9. The van der Waals surface area contributed by atoms with Crippen LogP contribution in [0.1, 0.15) is 22.3 Å². The molecule has 1 aromatic carbocycles. The minimum atomic E-state index is -4.62. The van der Waals surface area contributed by atoms with Gasteiger partial charge in [0.25, 0.3) is 5.91 Å². The average molecular weight is 287 g/mol. The van der Waals surface area contributed by atoms with Crippen molar-refractivity contribution in [1.82, 2.24) is 10.6 Å². The SMILES string of the molecule is Nc1ccc(C(=O)NC2CNC(=O)C2)cc1C(F)(F)F. The van der Waals surface area contributed by atoms with Gasteiger partial charge < -0.3 is 16.4 Å². The van der Waals surface area contributed by atoms with Crippen LogP contribution >= 0.6 is 0 Å². The van der Waals surface area contributed by atoms with Gasteiger partial charge in [0.2, 0.25) is 5.91 Å². The van der Waals surface area contributed by atoms with Gasteiger partial charge in [-0.15, -0.1) is 0 Å². The first-order chi connectivity index (χ1) is 9.27. The third-order valence-electron chi connectivity index (χ3n) is 2.93. The fourth-order valence-corrected chi connectivity index (χ4v) is 1.92. The van der Waals surface area contributed by atoms with E-state index >= 15 is 0 Å². The second-order valence-electron chi connectivity index (χ2n) is 4.48. The molecule has 4 N–H and O–H groups in total. The fourth-order valence-electron chi connectivity index (χ4n) is 1.92. The Balaban J connectivity index is 2.16. The van der Waals surface area contributed by atoms with Gasteiger partial charge in [0.15, 0.2) is 0 Å².